The van der Waals surface area contributed by atoms with E-state index in [1.807, 2.05) is 21.3 Å². The molecule has 1 aliphatic rings. The van der Waals surface area contributed by atoms with Crippen molar-refractivity contribution in [1.29, 1.82) is 0 Å². The maximum atomic E-state index is 12.7. The lowest BCUT2D eigenvalue weighted by Crippen LogP contribution is -2.31. The van der Waals surface area contributed by atoms with Gasteiger partial charge in [0.1, 0.15) is 0 Å². The Hall–Kier alpha value is -1.08. The third-order valence-corrected chi connectivity index (χ3v) is 5.71. The molecule has 1 N–H and O–H groups in total. The van der Waals surface area contributed by atoms with Crippen LogP contribution in [0.3, 0.4) is 0 Å². The first-order valence-corrected chi connectivity index (χ1v) is 9.38. The Balaban J connectivity index is 1.73. The van der Waals surface area contributed by atoms with Gasteiger partial charge in [-0.1, -0.05) is 6.92 Å². The molecular formula is C18H24IN3O. The molecule has 124 valence electrons. The average Bonchev–Trinajstić information content (AvgIpc) is 3.19. The molecule has 1 saturated heterocycles. The zero-order valence-corrected chi connectivity index (χ0v) is 16.0. The van der Waals surface area contributed by atoms with Crippen molar-refractivity contribution in [1.82, 2.24) is 13.0 Å². The second kappa shape index (κ2) is 7.21. The van der Waals surface area contributed by atoms with Crippen molar-refractivity contribution < 1.29 is 4.79 Å². The fourth-order valence-corrected chi connectivity index (χ4v) is 3.84. The fraction of sp³-hybridized carbons (Fsp3) is 0.500. The Labute approximate surface area is 151 Å². The van der Waals surface area contributed by atoms with Crippen molar-refractivity contribution in [2.24, 2.45) is 0 Å². The Morgan fingerprint density at radius 3 is 2.78 bits per heavy atom. The third kappa shape index (κ3) is 3.55. The number of likely N-dealkylation sites (tertiary alicyclic amines) is 1. The van der Waals surface area contributed by atoms with Gasteiger partial charge in [0.25, 0.3) is 5.91 Å². The quantitative estimate of drug-likeness (QED) is 0.583. The van der Waals surface area contributed by atoms with E-state index in [1.54, 1.807) is 0 Å². The number of nitrogens with zero attached hydrogens (tertiary/aromatic N) is 2. The summed E-state index contributed by atoms with van der Waals surface area (Å²) < 4.78 is 1.82. The van der Waals surface area contributed by atoms with E-state index in [4.69, 9.17) is 0 Å². The highest BCUT2D eigenvalue weighted by molar-refractivity contribution is 14.1. The van der Waals surface area contributed by atoms with Crippen LogP contribution >= 0.6 is 22.9 Å². The first-order chi connectivity index (χ1) is 11.1. The molecule has 2 heterocycles. The van der Waals surface area contributed by atoms with Gasteiger partial charge in [-0.25, -0.2) is 0 Å². The van der Waals surface area contributed by atoms with Gasteiger partial charge in [0, 0.05) is 35.2 Å². The molecule has 23 heavy (non-hydrogen) atoms. The number of hydrogen-bond donors (Lipinski definition) is 1. The number of halogens is 1. The minimum atomic E-state index is 0.102. The zero-order chi connectivity index (χ0) is 16.4. The van der Waals surface area contributed by atoms with Crippen LogP contribution in [-0.2, 0) is 6.42 Å². The lowest BCUT2D eigenvalue weighted by atomic mass is 10.1. The first kappa shape index (κ1) is 16.8. The van der Waals surface area contributed by atoms with E-state index in [9.17, 15) is 4.79 Å². The standard InChI is InChI=1S/C18H24IN3O/c1-3-16-13(2)15-12-14(6-7-17(15)20-16)18(23)22(19)11-10-21-8-4-5-9-21/h6-7,12,20H,3-5,8-11H2,1-2H3. The number of fused-ring (bicyclic) bond motifs is 1. The molecule has 5 heteroatoms. The molecule has 0 spiro atoms. The molecule has 0 unspecified atom stereocenters. The van der Waals surface area contributed by atoms with Gasteiger partial charge in [-0.15, -0.1) is 0 Å². The third-order valence-electron chi connectivity index (χ3n) is 4.79. The Kier molecular flexibility index (Phi) is 5.26. The van der Waals surface area contributed by atoms with Crippen molar-refractivity contribution in [3.05, 3.63) is 35.0 Å². The molecule has 0 aliphatic carbocycles. The lowest BCUT2D eigenvalue weighted by Gasteiger charge is -2.19. The highest BCUT2D eigenvalue weighted by Crippen LogP contribution is 2.24. The van der Waals surface area contributed by atoms with Crippen LogP contribution in [0.5, 0.6) is 0 Å². The SMILES string of the molecule is CCc1[nH]c2ccc(C(=O)N(I)CCN3CCCC3)cc2c1C. The van der Waals surface area contributed by atoms with E-state index in [2.05, 4.69) is 46.6 Å². The Morgan fingerprint density at radius 2 is 2.09 bits per heavy atom. The van der Waals surface area contributed by atoms with Crippen LogP contribution in [0.25, 0.3) is 10.9 Å². The lowest BCUT2D eigenvalue weighted by molar-refractivity contribution is 0.0881. The predicted molar refractivity (Wildman–Crippen MR) is 103 cm³/mol. The summed E-state index contributed by atoms with van der Waals surface area (Å²) in [6.45, 7) is 8.37. The van der Waals surface area contributed by atoms with Gasteiger partial charge in [0.2, 0.25) is 0 Å². The maximum absolute atomic E-state index is 12.7. The summed E-state index contributed by atoms with van der Waals surface area (Å²) >= 11 is 2.15. The summed E-state index contributed by atoms with van der Waals surface area (Å²) in [5, 5.41) is 1.16. The highest BCUT2D eigenvalue weighted by atomic mass is 127. The number of carbonyl (C=O) groups excluding carboxylic acids is 1. The van der Waals surface area contributed by atoms with Crippen molar-refractivity contribution in [3.8, 4) is 0 Å². The molecule has 1 aromatic heterocycles. The minimum Gasteiger partial charge on any atom is -0.358 e. The molecule has 1 amide bonds. The van der Waals surface area contributed by atoms with E-state index in [-0.39, 0.29) is 5.91 Å². The number of hydrogen-bond acceptors (Lipinski definition) is 2. The largest absolute Gasteiger partial charge is 0.358 e. The molecule has 0 bridgehead atoms. The van der Waals surface area contributed by atoms with Crippen LogP contribution < -0.4 is 0 Å². The predicted octanol–water partition coefficient (Wildman–Crippen LogP) is 3.93. The van der Waals surface area contributed by atoms with E-state index in [0.717, 1.165) is 36.0 Å². The smallest absolute Gasteiger partial charge is 0.262 e. The summed E-state index contributed by atoms with van der Waals surface area (Å²) in [5.41, 5.74) is 4.41. The number of H-pyrrole nitrogens is 1. The van der Waals surface area contributed by atoms with Gasteiger partial charge < -0.3 is 9.88 Å². The average molecular weight is 425 g/mol. The molecule has 2 aromatic rings. The van der Waals surface area contributed by atoms with Gasteiger partial charge >= 0.3 is 0 Å². The van der Waals surface area contributed by atoms with E-state index >= 15 is 0 Å². The molecule has 0 atom stereocenters. The molecule has 1 aliphatic heterocycles. The number of aromatic amines is 1. The van der Waals surface area contributed by atoms with Gasteiger partial charge in [0.15, 0.2) is 0 Å². The van der Waals surface area contributed by atoms with Crippen molar-refractivity contribution in [2.45, 2.75) is 33.1 Å². The van der Waals surface area contributed by atoms with Gasteiger partial charge in [-0.2, -0.15) is 0 Å². The van der Waals surface area contributed by atoms with Gasteiger partial charge in [-0.05, 0) is 63.0 Å². The van der Waals surface area contributed by atoms with Crippen molar-refractivity contribution >= 4 is 39.7 Å². The normalized spacial score (nSPS) is 15.4. The first-order valence-electron chi connectivity index (χ1n) is 8.41. The second-order valence-corrected chi connectivity index (χ2v) is 7.45. The second-order valence-electron chi connectivity index (χ2n) is 6.28. The summed E-state index contributed by atoms with van der Waals surface area (Å²) in [6.07, 6.45) is 3.56. The number of aromatic nitrogens is 1. The topological polar surface area (TPSA) is 39.3 Å². The fourth-order valence-electron chi connectivity index (χ4n) is 3.35. The molecule has 0 radical (unpaired) electrons. The van der Waals surface area contributed by atoms with Crippen LogP contribution in [0, 0.1) is 6.92 Å². The molecular weight excluding hydrogens is 401 g/mol. The Morgan fingerprint density at radius 1 is 1.35 bits per heavy atom. The number of rotatable bonds is 5. The van der Waals surface area contributed by atoms with Crippen molar-refractivity contribution in [3.63, 3.8) is 0 Å². The summed E-state index contributed by atoms with van der Waals surface area (Å²) in [4.78, 5) is 18.5. The molecule has 1 fully saturated rings. The number of aryl methyl sites for hydroxylation is 2. The molecule has 1 aromatic carbocycles. The van der Waals surface area contributed by atoms with Crippen molar-refractivity contribution in [2.75, 3.05) is 26.2 Å². The van der Waals surface area contributed by atoms with Crippen LogP contribution in [0.15, 0.2) is 18.2 Å². The van der Waals surface area contributed by atoms with E-state index in [1.165, 1.54) is 37.2 Å². The van der Waals surface area contributed by atoms with Crippen LogP contribution in [0.2, 0.25) is 0 Å². The number of carbonyl (C=O) groups is 1. The Bertz CT molecular complexity index is 704. The molecule has 4 nitrogen and oxygen atoms in total. The summed E-state index contributed by atoms with van der Waals surface area (Å²) in [7, 11) is 0. The zero-order valence-electron chi connectivity index (χ0n) is 13.9. The van der Waals surface area contributed by atoms with Gasteiger partial charge in [0.05, 0.1) is 22.9 Å². The molecule has 0 saturated carbocycles. The minimum absolute atomic E-state index is 0.102. The summed E-state index contributed by atoms with van der Waals surface area (Å²) in [5.74, 6) is 0.102. The van der Waals surface area contributed by atoms with Gasteiger partial charge in [-0.3, -0.25) is 7.91 Å². The van der Waals surface area contributed by atoms with Crippen LogP contribution in [-0.4, -0.2) is 45.1 Å². The molecule has 3 rings (SSSR count). The highest BCUT2D eigenvalue weighted by Gasteiger charge is 2.18. The summed E-state index contributed by atoms with van der Waals surface area (Å²) in [6, 6.07) is 5.99. The number of benzene rings is 1. The van der Waals surface area contributed by atoms with E-state index in [0.29, 0.717) is 0 Å². The maximum Gasteiger partial charge on any atom is 0.262 e. The number of amides is 1. The van der Waals surface area contributed by atoms with E-state index < -0.39 is 0 Å². The monoisotopic (exact) mass is 425 g/mol. The van der Waals surface area contributed by atoms with Crippen LogP contribution in [0.1, 0.15) is 41.4 Å². The number of nitrogens with one attached hydrogen (secondary N) is 1. The van der Waals surface area contributed by atoms with Crippen LogP contribution in [0.4, 0.5) is 0 Å².